The van der Waals surface area contributed by atoms with Gasteiger partial charge in [0.15, 0.2) is 6.10 Å². The highest BCUT2D eigenvalue weighted by atomic mass is 19.1. The third-order valence-electron chi connectivity index (χ3n) is 3.98. The Kier molecular flexibility index (Phi) is 4.98. The molecule has 1 heterocycles. The molecule has 0 aromatic heterocycles. The van der Waals surface area contributed by atoms with Gasteiger partial charge >= 0.3 is 5.97 Å². The van der Waals surface area contributed by atoms with E-state index in [1.807, 2.05) is 0 Å². The number of hydrogen-bond acceptors (Lipinski definition) is 5. The summed E-state index contributed by atoms with van der Waals surface area (Å²) < 4.78 is 18.6. The highest BCUT2D eigenvalue weighted by Gasteiger charge is 2.37. The van der Waals surface area contributed by atoms with Gasteiger partial charge in [-0.3, -0.25) is 24.1 Å². The number of halogens is 1. The molecule has 1 atom stereocenters. The molecule has 0 unspecified atom stereocenters. The van der Waals surface area contributed by atoms with Crippen molar-refractivity contribution in [3.63, 3.8) is 0 Å². The highest BCUT2D eigenvalue weighted by molar-refractivity contribution is 6.52. The van der Waals surface area contributed by atoms with Gasteiger partial charge in [-0.05, 0) is 31.2 Å². The molecule has 0 radical (unpaired) electrons. The van der Waals surface area contributed by atoms with Gasteiger partial charge in [0.2, 0.25) is 0 Å². The van der Waals surface area contributed by atoms with Gasteiger partial charge in [-0.15, -0.1) is 0 Å². The van der Waals surface area contributed by atoms with Crippen LogP contribution in [0.5, 0.6) is 0 Å². The standard InChI is InChI=1S/C19H15FN2O5/c1-11(18(25)21-14-8-4-3-7-13(14)20)27-16(23)10-22-15-9-5-2-6-12(15)17(24)19(22)26/h2-9,11H,10H2,1H3,(H,21,25)/t11-/m1/s1. The smallest absolute Gasteiger partial charge is 0.326 e. The number of amides is 2. The van der Waals surface area contributed by atoms with E-state index in [1.165, 1.54) is 31.2 Å². The van der Waals surface area contributed by atoms with Crippen LogP contribution in [0.3, 0.4) is 0 Å². The van der Waals surface area contributed by atoms with Gasteiger partial charge in [-0.25, -0.2) is 4.39 Å². The van der Waals surface area contributed by atoms with E-state index < -0.39 is 42.0 Å². The van der Waals surface area contributed by atoms with Crippen molar-refractivity contribution in [3.05, 3.63) is 59.9 Å². The molecule has 0 saturated carbocycles. The fourth-order valence-corrected chi connectivity index (χ4v) is 2.62. The zero-order valence-electron chi connectivity index (χ0n) is 14.3. The topological polar surface area (TPSA) is 92.8 Å². The number of nitrogens with one attached hydrogen (secondary N) is 1. The predicted octanol–water partition coefficient (Wildman–Crippen LogP) is 1.93. The van der Waals surface area contributed by atoms with Crippen LogP contribution in [-0.4, -0.2) is 36.2 Å². The van der Waals surface area contributed by atoms with Crippen molar-refractivity contribution in [1.29, 1.82) is 0 Å². The predicted molar refractivity (Wildman–Crippen MR) is 93.7 cm³/mol. The molecule has 2 aromatic rings. The summed E-state index contributed by atoms with van der Waals surface area (Å²) in [6.07, 6.45) is -1.22. The first kappa shape index (κ1) is 18.2. The van der Waals surface area contributed by atoms with E-state index in [0.717, 1.165) is 4.90 Å². The first-order valence-electron chi connectivity index (χ1n) is 8.08. The number of rotatable bonds is 5. The molecule has 8 heteroatoms. The Morgan fingerprint density at radius 2 is 1.78 bits per heavy atom. The second kappa shape index (κ2) is 7.36. The maximum Gasteiger partial charge on any atom is 0.326 e. The van der Waals surface area contributed by atoms with E-state index in [9.17, 15) is 23.6 Å². The molecule has 0 aliphatic carbocycles. The zero-order chi connectivity index (χ0) is 19.6. The lowest BCUT2D eigenvalue weighted by Crippen LogP contribution is -2.38. The average molecular weight is 370 g/mol. The average Bonchev–Trinajstić information content (AvgIpc) is 2.89. The molecule has 27 heavy (non-hydrogen) atoms. The maximum atomic E-state index is 13.6. The lowest BCUT2D eigenvalue weighted by Gasteiger charge is -2.18. The summed E-state index contributed by atoms with van der Waals surface area (Å²) in [5, 5.41) is 2.31. The van der Waals surface area contributed by atoms with Crippen LogP contribution in [0.1, 0.15) is 17.3 Å². The normalized spacial score (nSPS) is 13.9. The molecule has 0 saturated heterocycles. The fourth-order valence-electron chi connectivity index (χ4n) is 2.62. The SMILES string of the molecule is C[C@@H](OC(=O)CN1C(=O)C(=O)c2ccccc21)C(=O)Nc1ccccc1F. The van der Waals surface area contributed by atoms with Crippen LogP contribution in [0.4, 0.5) is 15.8 Å². The van der Waals surface area contributed by atoms with E-state index in [2.05, 4.69) is 5.32 Å². The van der Waals surface area contributed by atoms with Crippen molar-refractivity contribution < 1.29 is 28.3 Å². The van der Waals surface area contributed by atoms with Gasteiger partial charge in [0, 0.05) is 0 Å². The monoisotopic (exact) mass is 370 g/mol. The van der Waals surface area contributed by atoms with E-state index >= 15 is 0 Å². The largest absolute Gasteiger partial charge is 0.451 e. The van der Waals surface area contributed by atoms with Gasteiger partial charge in [0.25, 0.3) is 17.6 Å². The van der Waals surface area contributed by atoms with Crippen molar-refractivity contribution in [2.75, 3.05) is 16.8 Å². The molecule has 0 bridgehead atoms. The Labute approximate surface area is 153 Å². The molecule has 2 aromatic carbocycles. The number of ether oxygens (including phenoxy) is 1. The second-order valence-corrected chi connectivity index (χ2v) is 5.84. The lowest BCUT2D eigenvalue weighted by atomic mass is 10.1. The number of carbonyl (C=O) groups excluding carboxylic acids is 4. The van der Waals surface area contributed by atoms with Crippen LogP contribution in [-0.2, 0) is 19.1 Å². The molecule has 1 aliphatic heterocycles. The Morgan fingerprint density at radius 1 is 1.11 bits per heavy atom. The Balaban J connectivity index is 1.62. The lowest BCUT2D eigenvalue weighted by molar-refractivity contribution is -0.152. The van der Waals surface area contributed by atoms with Gasteiger partial charge in [0.05, 0.1) is 16.9 Å². The van der Waals surface area contributed by atoms with Crippen LogP contribution in [0.15, 0.2) is 48.5 Å². The van der Waals surface area contributed by atoms with Gasteiger partial charge < -0.3 is 10.1 Å². The number of benzene rings is 2. The van der Waals surface area contributed by atoms with Crippen molar-refractivity contribution in [2.45, 2.75) is 13.0 Å². The zero-order valence-corrected chi connectivity index (χ0v) is 14.3. The van der Waals surface area contributed by atoms with Crippen LogP contribution in [0, 0.1) is 5.82 Å². The highest BCUT2D eigenvalue weighted by Crippen LogP contribution is 2.28. The number of carbonyl (C=O) groups is 4. The third kappa shape index (κ3) is 3.69. The number of fused-ring (bicyclic) bond motifs is 1. The number of Topliss-reactive ketones (excluding diaryl/α,β-unsaturated/α-hetero) is 1. The van der Waals surface area contributed by atoms with Crippen LogP contribution < -0.4 is 10.2 Å². The number of anilines is 2. The second-order valence-electron chi connectivity index (χ2n) is 5.84. The summed E-state index contributed by atoms with van der Waals surface area (Å²) in [5.41, 5.74) is 0.480. The molecular formula is C19H15FN2O5. The van der Waals surface area contributed by atoms with Crippen LogP contribution in [0.25, 0.3) is 0 Å². The number of hydrogen-bond donors (Lipinski definition) is 1. The molecule has 0 spiro atoms. The molecule has 7 nitrogen and oxygen atoms in total. The molecule has 1 aliphatic rings. The number of ketones is 1. The third-order valence-corrected chi connectivity index (χ3v) is 3.98. The minimum atomic E-state index is -1.22. The van der Waals surface area contributed by atoms with Crippen LogP contribution in [0.2, 0.25) is 0 Å². The van der Waals surface area contributed by atoms with E-state index in [-0.39, 0.29) is 11.3 Å². The molecular weight excluding hydrogens is 355 g/mol. The van der Waals surface area contributed by atoms with Crippen LogP contribution >= 0.6 is 0 Å². The fraction of sp³-hybridized carbons (Fsp3) is 0.158. The molecule has 2 amide bonds. The van der Waals surface area contributed by atoms with Crippen molar-refractivity contribution in [2.24, 2.45) is 0 Å². The molecule has 3 rings (SSSR count). The Morgan fingerprint density at radius 3 is 2.52 bits per heavy atom. The van der Waals surface area contributed by atoms with E-state index in [0.29, 0.717) is 5.69 Å². The first-order valence-corrected chi connectivity index (χ1v) is 8.08. The summed E-state index contributed by atoms with van der Waals surface area (Å²) in [6, 6.07) is 11.8. The molecule has 138 valence electrons. The summed E-state index contributed by atoms with van der Waals surface area (Å²) in [7, 11) is 0. The first-order chi connectivity index (χ1) is 12.9. The Hall–Kier alpha value is -3.55. The molecule has 1 N–H and O–H groups in total. The number of esters is 1. The van der Waals surface area contributed by atoms with Crippen molar-refractivity contribution in [1.82, 2.24) is 0 Å². The minimum absolute atomic E-state index is 0.0420. The van der Waals surface area contributed by atoms with Gasteiger partial charge in [-0.2, -0.15) is 0 Å². The van der Waals surface area contributed by atoms with E-state index in [1.54, 1.807) is 24.3 Å². The summed E-state index contributed by atoms with van der Waals surface area (Å²) in [5.74, 6) is -3.76. The summed E-state index contributed by atoms with van der Waals surface area (Å²) in [4.78, 5) is 49.1. The van der Waals surface area contributed by atoms with Gasteiger partial charge in [0.1, 0.15) is 12.4 Å². The Bertz CT molecular complexity index is 943. The maximum absolute atomic E-state index is 13.6. The minimum Gasteiger partial charge on any atom is -0.451 e. The summed E-state index contributed by atoms with van der Waals surface area (Å²) in [6.45, 7) is 0.803. The van der Waals surface area contributed by atoms with E-state index in [4.69, 9.17) is 4.74 Å². The number of para-hydroxylation sites is 2. The van der Waals surface area contributed by atoms with Crippen molar-refractivity contribution in [3.8, 4) is 0 Å². The van der Waals surface area contributed by atoms with Crippen molar-refractivity contribution >= 4 is 34.9 Å². The molecule has 0 fully saturated rings. The number of nitrogens with zero attached hydrogens (tertiary/aromatic N) is 1. The summed E-state index contributed by atoms with van der Waals surface area (Å²) >= 11 is 0. The quantitative estimate of drug-likeness (QED) is 0.641. The van der Waals surface area contributed by atoms with Gasteiger partial charge in [-0.1, -0.05) is 24.3 Å².